The average molecular weight is 726 g/mol. The number of nitrogens with two attached hydrogens (primary N) is 1. The Morgan fingerprint density at radius 1 is 0.854 bits per heavy atom. The summed E-state index contributed by atoms with van der Waals surface area (Å²) in [6.45, 7) is -0.478. The first-order valence-electron chi connectivity index (χ1n) is 14.6. The zero-order valence-corrected chi connectivity index (χ0v) is 28.0. The predicted octanol–water partition coefficient (Wildman–Crippen LogP) is 1.31. The van der Waals surface area contributed by atoms with Crippen LogP contribution in [0, 0.1) is 0 Å². The van der Waals surface area contributed by atoms with Crippen molar-refractivity contribution in [1.82, 2.24) is 26.3 Å². The standard InChI is InChI=1S/C31H35Cl3N6O8/c1-18(39-29(45)22(35)11-20-13-36-23-10-6-5-9-21(20)23)28(44)38-14-25(41)37-15-26(42)40-24(30(46)48-17-31(32,33)34)12-27(43)47-16-19-7-3-2-4-8-19/h2-10,13,18,22,24,36H,11-12,14-17,35H2,1H3,(H,37,41)(H,38,44)(H,39,45)(H,40,42)/t18-,22-,24-/m0/s1. The molecule has 7 N–H and O–H groups in total. The summed E-state index contributed by atoms with van der Waals surface area (Å²) >= 11 is 16.9. The third-order valence-corrected chi connectivity index (χ3v) is 7.01. The Morgan fingerprint density at radius 2 is 1.52 bits per heavy atom. The highest BCUT2D eigenvalue weighted by molar-refractivity contribution is 6.67. The molecule has 3 rings (SSSR count). The van der Waals surface area contributed by atoms with Gasteiger partial charge in [0.1, 0.15) is 25.3 Å². The van der Waals surface area contributed by atoms with Gasteiger partial charge in [-0.2, -0.15) is 0 Å². The van der Waals surface area contributed by atoms with E-state index < -0.39 is 83.6 Å². The molecule has 0 bridgehead atoms. The fourth-order valence-electron chi connectivity index (χ4n) is 4.23. The summed E-state index contributed by atoms with van der Waals surface area (Å²) in [6, 6.07) is 12.8. The summed E-state index contributed by atoms with van der Waals surface area (Å²) in [6.07, 6.45) is 1.39. The van der Waals surface area contributed by atoms with Crippen LogP contribution >= 0.6 is 34.8 Å². The van der Waals surface area contributed by atoms with Crippen LogP contribution in [-0.4, -0.2) is 82.2 Å². The van der Waals surface area contributed by atoms with E-state index in [0.717, 1.165) is 16.5 Å². The molecule has 17 heteroatoms. The molecule has 0 aliphatic carbocycles. The summed E-state index contributed by atoms with van der Waals surface area (Å²) in [5.74, 6) is -4.77. The largest absolute Gasteiger partial charge is 0.461 e. The van der Waals surface area contributed by atoms with Crippen LogP contribution in [-0.2, 0) is 51.3 Å². The quantitative estimate of drug-likeness (QED) is 0.0928. The maximum atomic E-state index is 12.6. The minimum atomic E-state index is -1.94. The van der Waals surface area contributed by atoms with Crippen LogP contribution in [0.2, 0.25) is 0 Å². The van der Waals surface area contributed by atoms with Gasteiger partial charge in [-0.05, 0) is 30.5 Å². The molecule has 0 spiro atoms. The van der Waals surface area contributed by atoms with E-state index in [1.807, 2.05) is 24.3 Å². The number of fused-ring (bicyclic) bond motifs is 1. The van der Waals surface area contributed by atoms with Gasteiger partial charge in [0, 0.05) is 17.1 Å². The first-order chi connectivity index (χ1) is 22.7. The molecule has 0 saturated heterocycles. The normalized spacial score (nSPS) is 13.0. The number of para-hydroxylation sites is 1. The maximum absolute atomic E-state index is 12.6. The van der Waals surface area contributed by atoms with Gasteiger partial charge in [0.2, 0.25) is 27.4 Å². The Hall–Kier alpha value is -4.37. The first-order valence-corrected chi connectivity index (χ1v) is 15.7. The number of ether oxygens (including phenoxy) is 2. The number of carbonyl (C=O) groups is 6. The van der Waals surface area contributed by atoms with Gasteiger partial charge in [0.25, 0.3) is 0 Å². The van der Waals surface area contributed by atoms with Gasteiger partial charge in [0.15, 0.2) is 0 Å². The van der Waals surface area contributed by atoms with E-state index in [2.05, 4.69) is 26.3 Å². The number of aromatic amines is 1. The second-order valence-electron chi connectivity index (χ2n) is 10.6. The van der Waals surface area contributed by atoms with Crippen molar-refractivity contribution >= 4 is 81.3 Å². The number of hydrogen-bond acceptors (Lipinski definition) is 9. The smallest absolute Gasteiger partial charge is 0.329 e. The Morgan fingerprint density at radius 3 is 2.23 bits per heavy atom. The molecule has 3 aromatic rings. The summed E-state index contributed by atoms with van der Waals surface area (Å²) < 4.78 is 8.12. The van der Waals surface area contributed by atoms with E-state index >= 15 is 0 Å². The van der Waals surface area contributed by atoms with Crippen LogP contribution in [0.15, 0.2) is 60.8 Å². The fourth-order valence-corrected chi connectivity index (χ4v) is 4.40. The van der Waals surface area contributed by atoms with Crippen molar-refractivity contribution in [1.29, 1.82) is 0 Å². The highest BCUT2D eigenvalue weighted by Gasteiger charge is 2.30. The number of H-pyrrole nitrogens is 1. The van der Waals surface area contributed by atoms with Crippen LogP contribution in [0.1, 0.15) is 24.5 Å². The summed E-state index contributed by atoms with van der Waals surface area (Å²) in [7, 11) is 0. The molecule has 2 aromatic carbocycles. The summed E-state index contributed by atoms with van der Waals surface area (Å²) in [5.41, 5.74) is 8.51. The number of alkyl halides is 3. The van der Waals surface area contributed by atoms with E-state index in [1.165, 1.54) is 6.92 Å². The molecule has 48 heavy (non-hydrogen) atoms. The van der Waals surface area contributed by atoms with Crippen molar-refractivity contribution in [2.24, 2.45) is 5.73 Å². The van der Waals surface area contributed by atoms with E-state index in [4.69, 9.17) is 50.0 Å². The Balaban J connectivity index is 1.42. The predicted molar refractivity (Wildman–Crippen MR) is 178 cm³/mol. The summed E-state index contributed by atoms with van der Waals surface area (Å²) in [5, 5.41) is 10.3. The molecule has 258 valence electrons. The van der Waals surface area contributed by atoms with Gasteiger partial charge in [-0.15, -0.1) is 0 Å². The van der Waals surface area contributed by atoms with Crippen molar-refractivity contribution in [2.45, 2.75) is 48.3 Å². The van der Waals surface area contributed by atoms with Gasteiger partial charge >= 0.3 is 11.9 Å². The number of benzene rings is 2. The van der Waals surface area contributed by atoms with Gasteiger partial charge in [0.05, 0.1) is 25.6 Å². The van der Waals surface area contributed by atoms with Crippen molar-refractivity contribution in [3.63, 3.8) is 0 Å². The van der Waals surface area contributed by atoms with E-state index in [1.54, 1.807) is 36.5 Å². The molecule has 0 unspecified atom stereocenters. The number of nitrogens with one attached hydrogen (secondary N) is 5. The first kappa shape index (κ1) is 38.1. The lowest BCUT2D eigenvalue weighted by atomic mass is 10.0. The number of hydrogen-bond donors (Lipinski definition) is 6. The highest BCUT2D eigenvalue weighted by Crippen LogP contribution is 2.26. The number of carbonyl (C=O) groups excluding carboxylic acids is 6. The zero-order valence-electron chi connectivity index (χ0n) is 25.7. The molecule has 0 radical (unpaired) electrons. The lowest BCUT2D eigenvalue weighted by molar-refractivity contribution is -0.154. The fraction of sp³-hybridized carbons (Fsp3) is 0.355. The van der Waals surface area contributed by atoms with Crippen molar-refractivity contribution < 1.29 is 38.2 Å². The number of esters is 2. The topological polar surface area (TPSA) is 211 Å². The molecule has 0 aliphatic heterocycles. The van der Waals surface area contributed by atoms with Gasteiger partial charge in [-0.25, -0.2) is 4.79 Å². The number of rotatable bonds is 16. The third kappa shape index (κ3) is 13.0. The molecule has 3 atom stereocenters. The number of halogens is 3. The van der Waals surface area contributed by atoms with Crippen LogP contribution in [0.5, 0.6) is 0 Å². The minimum Gasteiger partial charge on any atom is -0.461 e. The summed E-state index contributed by atoms with van der Waals surface area (Å²) in [4.78, 5) is 78.0. The van der Waals surface area contributed by atoms with Crippen molar-refractivity contribution in [3.05, 3.63) is 71.9 Å². The van der Waals surface area contributed by atoms with E-state index in [-0.39, 0.29) is 13.0 Å². The van der Waals surface area contributed by atoms with Crippen molar-refractivity contribution in [2.75, 3.05) is 19.7 Å². The van der Waals surface area contributed by atoms with Crippen LogP contribution in [0.25, 0.3) is 10.9 Å². The molecular weight excluding hydrogens is 691 g/mol. The number of aromatic nitrogens is 1. The maximum Gasteiger partial charge on any atom is 0.329 e. The third-order valence-electron chi connectivity index (χ3n) is 6.68. The molecule has 0 fully saturated rings. The van der Waals surface area contributed by atoms with E-state index in [9.17, 15) is 28.8 Å². The molecule has 14 nitrogen and oxygen atoms in total. The minimum absolute atomic E-state index is 0.0779. The van der Waals surface area contributed by atoms with Crippen LogP contribution < -0.4 is 27.0 Å². The Kier molecular flexibility index (Phi) is 14.5. The number of amides is 4. The monoisotopic (exact) mass is 724 g/mol. The lowest BCUT2D eigenvalue weighted by Gasteiger charge is -2.19. The molecule has 4 amide bonds. The molecular formula is C31H35Cl3N6O8. The zero-order chi connectivity index (χ0) is 35.3. The van der Waals surface area contributed by atoms with Gasteiger partial charge in [-0.3, -0.25) is 24.0 Å². The van der Waals surface area contributed by atoms with Crippen LogP contribution in [0.4, 0.5) is 0 Å². The Bertz CT molecular complexity index is 1600. The molecule has 0 aliphatic rings. The second-order valence-corrected chi connectivity index (χ2v) is 13.1. The second kappa shape index (κ2) is 18.2. The molecule has 1 heterocycles. The van der Waals surface area contributed by atoms with Crippen molar-refractivity contribution in [3.8, 4) is 0 Å². The molecule has 0 saturated carbocycles. The molecule has 1 aromatic heterocycles. The Labute approximate surface area is 290 Å². The van der Waals surface area contributed by atoms with Gasteiger partial charge in [-0.1, -0.05) is 83.3 Å². The van der Waals surface area contributed by atoms with Crippen LogP contribution in [0.3, 0.4) is 0 Å². The highest BCUT2D eigenvalue weighted by atomic mass is 35.6. The average Bonchev–Trinajstić information content (AvgIpc) is 3.46. The van der Waals surface area contributed by atoms with Gasteiger partial charge < -0.3 is 41.5 Å². The van der Waals surface area contributed by atoms with E-state index in [0.29, 0.717) is 5.56 Å². The lowest BCUT2D eigenvalue weighted by Crippen LogP contribution is -2.52. The SMILES string of the molecule is C[C@H](NC(=O)[C@@H](N)Cc1c[nH]c2ccccc12)C(=O)NCC(=O)NCC(=O)N[C@@H](CC(=O)OCc1ccccc1)C(=O)OCC(Cl)(Cl)Cl.